The molecule has 1 amide bonds. The molecule has 0 saturated carbocycles. The van der Waals surface area contributed by atoms with E-state index < -0.39 is 0 Å². The fourth-order valence-electron chi connectivity index (χ4n) is 2.12. The topological polar surface area (TPSA) is 59.6 Å². The van der Waals surface area contributed by atoms with Crippen molar-refractivity contribution in [2.24, 2.45) is 0 Å². The van der Waals surface area contributed by atoms with Gasteiger partial charge in [0.1, 0.15) is 6.04 Å². The van der Waals surface area contributed by atoms with Crippen LogP contribution in [0.15, 0.2) is 42.5 Å². The van der Waals surface area contributed by atoms with Crippen LogP contribution >= 0.6 is 22.6 Å². The Labute approximate surface area is 142 Å². The van der Waals surface area contributed by atoms with E-state index in [9.17, 15) is 4.79 Å². The van der Waals surface area contributed by atoms with Crippen LogP contribution in [0.3, 0.4) is 0 Å². The fourth-order valence-corrected chi connectivity index (χ4v) is 2.66. The molecule has 5 nitrogen and oxygen atoms in total. The Morgan fingerprint density at radius 1 is 1.14 bits per heavy atom. The first kappa shape index (κ1) is 15.0. The molecule has 0 fully saturated rings. The number of benzene rings is 2. The molecule has 0 radical (unpaired) electrons. The summed E-state index contributed by atoms with van der Waals surface area (Å²) in [7, 11) is 0. The Morgan fingerprint density at radius 2 is 1.95 bits per heavy atom. The highest BCUT2D eigenvalue weighted by molar-refractivity contribution is 14.1. The SMILES string of the molecule is C[C@H](Nc1cccc(I)c1)C(=O)Nc1ccc2c(c1)OCO2. The minimum atomic E-state index is -0.358. The second-order valence-electron chi connectivity index (χ2n) is 4.93. The summed E-state index contributed by atoms with van der Waals surface area (Å²) in [4.78, 5) is 12.3. The number of nitrogens with one attached hydrogen (secondary N) is 2. The van der Waals surface area contributed by atoms with E-state index in [1.165, 1.54) is 0 Å². The Morgan fingerprint density at radius 3 is 2.77 bits per heavy atom. The van der Waals surface area contributed by atoms with Gasteiger partial charge in [-0.05, 0) is 59.8 Å². The lowest BCUT2D eigenvalue weighted by Gasteiger charge is -2.15. The van der Waals surface area contributed by atoms with Gasteiger partial charge in [-0.3, -0.25) is 4.79 Å². The molecule has 2 aromatic rings. The highest BCUT2D eigenvalue weighted by Gasteiger charge is 2.16. The zero-order valence-corrected chi connectivity index (χ0v) is 14.1. The molecule has 0 spiro atoms. The molecule has 0 aromatic heterocycles. The summed E-state index contributed by atoms with van der Waals surface area (Å²) in [6.07, 6.45) is 0. The van der Waals surface area contributed by atoms with E-state index in [1.54, 1.807) is 18.2 Å². The van der Waals surface area contributed by atoms with Crippen LogP contribution in [0.1, 0.15) is 6.92 Å². The number of carbonyl (C=O) groups is 1. The van der Waals surface area contributed by atoms with E-state index in [0.717, 1.165) is 9.26 Å². The zero-order chi connectivity index (χ0) is 15.5. The van der Waals surface area contributed by atoms with Gasteiger partial charge in [-0.2, -0.15) is 0 Å². The predicted octanol–water partition coefficient (Wildman–Crippen LogP) is 3.46. The number of carbonyl (C=O) groups excluding carboxylic acids is 1. The summed E-state index contributed by atoms with van der Waals surface area (Å²) in [5.74, 6) is 1.23. The molecule has 22 heavy (non-hydrogen) atoms. The van der Waals surface area contributed by atoms with Crippen LogP contribution in [0, 0.1) is 3.57 Å². The molecule has 0 saturated heterocycles. The first-order valence-electron chi connectivity index (χ1n) is 6.84. The van der Waals surface area contributed by atoms with Crippen molar-refractivity contribution in [3.63, 3.8) is 0 Å². The van der Waals surface area contributed by atoms with Crippen LogP contribution in [0.5, 0.6) is 11.5 Å². The largest absolute Gasteiger partial charge is 0.454 e. The molecule has 1 heterocycles. The van der Waals surface area contributed by atoms with Gasteiger partial charge in [0, 0.05) is 21.0 Å². The molecule has 1 aliphatic heterocycles. The van der Waals surface area contributed by atoms with Crippen molar-refractivity contribution in [1.82, 2.24) is 0 Å². The van der Waals surface area contributed by atoms with E-state index in [4.69, 9.17) is 9.47 Å². The molecule has 1 aliphatic rings. The molecule has 3 rings (SSSR count). The van der Waals surface area contributed by atoms with Crippen LogP contribution in [0.2, 0.25) is 0 Å². The number of hydrogen-bond acceptors (Lipinski definition) is 4. The molecule has 0 unspecified atom stereocenters. The molecule has 2 N–H and O–H groups in total. The van der Waals surface area contributed by atoms with Gasteiger partial charge < -0.3 is 20.1 Å². The quantitative estimate of drug-likeness (QED) is 0.759. The van der Waals surface area contributed by atoms with E-state index in [1.807, 2.05) is 31.2 Å². The summed E-state index contributed by atoms with van der Waals surface area (Å²) in [6.45, 7) is 2.04. The Balaban J connectivity index is 1.64. The number of fused-ring (bicyclic) bond motifs is 1. The van der Waals surface area contributed by atoms with Gasteiger partial charge in [-0.15, -0.1) is 0 Å². The standard InChI is InChI=1S/C16H15IN2O3/c1-10(18-12-4-2-3-11(17)7-12)16(20)19-13-5-6-14-15(8-13)22-9-21-14/h2-8,10,18H,9H2,1H3,(H,19,20)/t10-/m0/s1. The van der Waals surface area contributed by atoms with Gasteiger partial charge in [-0.25, -0.2) is 0 Å². The average Bonchev–Trinajstić information content (AvgIpc) is 2.94. The third-order valence-electron chi connectivity index (χ3n) is 3.24. The Bertz CT molecular complexity index is 706. The predicted molar refractivity (Wildman–Crippen MR) is 93.4 cm³/mol. The third-order valence-corrected chi connectivity index (χ3v) is 3.91. The zero-order valence-electron chi connectivity index (χ0n) is 11.9. The van der Waals surface area contributed by atoms with Crippen LogP contribution in [-0.2, 0) is 4.79 Å². The van der Waals surface area contributed by atoms with Gasteiger partial charge in [-0.1, -0.05) is 6.07 Å². The number of ether oxygens (including phenoxy) is 2. The van der Waals surface area contributed by atoms with Gasteiger partial charge in [0.25, 0.3) is 0 Å². The van der Waals surface area contributed by atoms with E-state index in [-0.39, 0.29) is 18.7 Å². The molecular formula is C16H15IN2O3. The number of rotatable bonds is 4. The minimum absolute atomic E-state index is 0.113. The maximum atomic E-state index is 12.3. The summed E-state index contributed by atoms with van der Waals surface area (Å²) < 4.78 is 11.7. The highest BCUT2D eigenvalue weighted by atomic mass is 127. The molecule has 0 bridgehead atoms. The lowest BCUT2D eigenvalue weighted by atomic mass is 10.2. The second-order valence-corrected chi connectivity index (χ2v) is 6.18. The van der Waals surface area contributed by atoms with Crippen molar-refractivity contribution < 1.29 is 14.3 Å². The normalized spacial score (nSPS) is 13.5. The van der Waals surface area contributed by atoms with E-state index >= 15 is 0 Å². The Hall–Kier alpha value is -1.96. The molecule has 0 aliphatic carbocycles. The number of hydrogen-bond donors (Lipinski definition) is 2. The van der Waals surface area contributed by atoms with Crippen LogP contribution in [-0.4, -0.2) is 18.7 Å². The van der Waals surface area contributed by atoms with Gasteiger partial charge >= 0.3 is 0 Å². The molecule has 2 aromatic carbocycles. The van der Waals surface area contributed by atoms with Crippen molar-refractivity contribution in [3.8, 4) is 11.5 Å². The van der Waals surface area contributed by atoms with E-state index in [2.05, 4.69) is 33.2 Å². The third kappa shape index (κ3) is 3.44. The lowest BCUT2D eigenvalue weighted by Crippen LogP contribution is -2.31. The summed E-state index contributed by atoms with van der Waals surface area (Å²) in [5.41, 5.74) is 1.60. The fraction of sp³-hybridized carbons (Fsp3) is 0.188. The number of amides is 1. The first-order chi connectivity index (χ1) is 10.6. The number of anilines is 2. The van der Waals surface area contributed by atoms with Crippen LogP contribution in [0.4, 0.5) is 11.4 Å². The van der Waals surface area contributed by atoms with Crippen molar-refractivity contribution >= 4 is 39.9 Å². The van der Waals surface area contributed by atoms with Crippen molar-refractivity contribution in [3.05, 3.63) is 46.0 Å². The van der Waals surface area contributed by atoms with E-state index in [0.29, 0.717) is 17.2 Å². The minimum Gasteiger partial charge on any atom is -0.454 e. The number of halogens is 1. The van der Waals surface area contributed by atoms with Crippen molar-refractivity contribution in [2.75, 3.05) is 17.4 Å². The average molecular weight is 410 g/mol. The molecule has 1 atom stereocenters. The molecule has 114 valence electrons. The second kappa shape index (κ2) is 6.43. The maximum Gasteiger partial charge on any atom is 0.246 e. The van der Waals surface area contributed by atoms with Gasteiger partial charge in [0.2, 0.25) is 12.7 Å². The summed E-state index contributed by atoms with van der Waals surface area (Å²) >= 11 is 2.24. The Kier molecular flexibility index (Phi) is 4.37. The van der Waals surface area contributed by atoms with Gasteiger partial charge in [0.05, 0.1) is 0 Å². The monoisotopic (exact) mass is 410 g/mol. The summed E-state index contributed by atoms with van der Waals surface area (Å²) in [5, 5.41) is 6.05. The van der Waals surface area contributed by atoms with Gasteiger partial charge in [0.15, 0.2) is 11.5 Å². The van der Waals surface area contributed by atoms with Crippen LogP contribution < -0.4 is 20.1 Å². The van der Waals surface area contributed by atoms with Crippen molar-refractivity contribution in [2.45, 2.75) is 13.0 Å². The summed E-state index contributed by atoms with van der Waals surface area (Å²) in [6, 6.07) is 12.9. The molecular weight excluding hydrogens is 395 g/mol. The maximum absolute atomic E-state index is 12.3. The lowest BCUT2D eigenvalue weighted by molar-refractivity contribution is -0.116. The smallest absolute Gasteiger partial charge is 0.246 e. The highest BCUT2D eigenvalue weighted by Crippen LogP contribution is 2.34. The van der Waals surface area contributed by atoms with Crippen LogP contribution in [0.25, 0.3) is 0 Å². The molecule has 6 heteroatoms. The first-order valence-corrected chi connectivity index (χ1v) is 7.92. The van der Waals surface area contributed by atoms with Crippen molar-refractivity contribution in [1.29, 1.82) is 0 Å².